The fraction of sp³-hybridized carbons (Fsp3) is 0.222. The highest BCUT2D eigenvalue weighted by Gasteiger charge is 2.31. The van der Waals surface area contributed by atoms with Crippen molar-refractivity contribution in [3.8, 4) is 5.75 Å². The number of nitrogens with one attached hydrogen (secondary N) is 1. The molecule has 2 heterocycles. The molecule has 3 aromatic rings. The predicted octanol–water partition coefficient (Wildman–Crippen LogP) is 3.60. The molecule has 0 radical (unpaired) electrons. The van der Waals surface area contributed by atoms with E-state index in [-0.39, 0.29) is 17.9 Å². The fourth-order valence-electron chi connectivity index (χ4n) is 2.71. The number of rotatable bonds is 4. The minimum absolute atomic E-state index is 0.0704. The molecular weight excluding hydrogens is 347 g/mol. The number of halogens is 3. The van der Waals surface area contributed by atoms with Gasteiger partial charge in [0.1, 0.15) is 17.1 Å². The lowest BCUT2D eigenvalue weighted by molar-refractivity contribution is -0.137. The molecule has 0 aliphatic rings. The van der Waals surface area contributed by atoms with Gasteiger partial charge in [-0.2, -0.15) is 13.2 Å². The molecule has 0 saturated carbocycles. The fourth-order valence-corrected chi connectivity index (χ4v) is 2.71. The molecule has 3 rings (SSSR count). The normalized spacial score (nSPS) is 11.6. The van der Waals surface area contributed by atoms with Crippen LogP contribution in [0.25, 0.3) is 5.65 Å². The Morgan fingerprint density at radius 2 is 1.96 bits per heavy atom. The number of para-hydroxylation sites is 1. The topological polar surface area (TPSA) is 55.6 Å². The largest absolute Gasteiger partial charge is 0.496 e. The molecule has 8 heteroatoms. The Bertz CT molecular complexity index is 964. The lowest BCUT2D eigenvalue weighted by Crippen LogP contribution is -2.25. The molecule has 0 unspecified atom stereocenters. The average Bonchev–Trinajstić information content (AvgIpc) is 2.94. The number of hydrogen-bond acceptors (Lipinski definition) is 3. The molecule has 0 spiro atoms. The zero-order chi connectivity index (χ0) is 18.9. The van der Waals surface area contributed by atoms with E-state index in [1.165, 1.54) is 13.2 Å². The van der Waals surface area contributed by atoms with Crippen LogP contribution in [0.1, 0.15) is 27.3 Å². The second-order valence-corrected chi connectivity index (χ2v) is 5.68. The number of carbonyl (C=O) groups excluding carboxylic acids is 1. The maximum atomic E-state index is 13.0. The van der Waals surface area contributed by atoms with Crippen molar-refractivity contribution in [1.82, 2.24) is 14.7 Å². The van der Waals surface area contributed by atoms with Gasteiger partial charge in [0.05, 0.1) is 18.4 Å². The molecule has 0 bridgehead atoms. The molecule has 5 nitrogen and oxygen atoms in total. The molecule has 26 heavy (non-hydrogen) atoms. The van der Waals surface area contributed by atoms with Gasteiger partial charge in [-0.15, -0.1) is 0 Å². The number of pyridine rings is 1. The average molecular weight is 363 g/mol. The highest BCUT2D eigenvalue weighted by molar-refractivity contribution is 5.94. The molecule has 0 aliphatic heterocycles. The highest BCUT2D eigenvalue weighted by Crippen LogP contribution is 2.29. The van der Waals surface area contributed by atoms with Crippen molar-refractivity contribution >= 4 is 11.6 Å². The van der Waals surface area contributed by atoms with Gasteiger partial charge in [-0.3, -0.25) is 9.20 Å². The molecular formula is C18H16F3N3O2. The number of aromatic nitrogens is 2. The zero-order valence-corrected chi connectivity index (χ0v) is 14.1. The number of fused-ring (bicyclic) bond motifs is 1. The van der Waals surface area contributed by atoms with Gasteiger partial charge in [0.2, 0.25) is 0 Å². The van der Waals surface area contributed by atoms with Crippen molar-refractivity contribution in [3.05, 3.63) is 65.1 Å². The first kappa shape index (κ1) is 17.8. The number of imidazole rings is 1. The molecule has 2 aromatic heterocycles. The Hall–Kier alpha value is -3.03. The van der Waals surface area contributed by atoms with E-state index in [0.717, 1.165) is 22.2 Å². The summed E-state index contributed by atoms with van der Waals surface area (Å²) in [4.78, 5) is 16.7. The van der Waals surface area contributed by atoms with Crippen LogP contribution in [-0.2, 0) is 12.7 Å². The van der Waals surface area contributed by atoms with Gasteiger partial charge in [0, 0.05) is 18.3 Å². The van der Waals surface area contributed by atoms with Crippen LogP contribution in [0.15, 0.2) is 42.6 Å². The molecule has 1 aromatic carbocycles. The van der Waals surface area contributed by atoms with Gasteiger partial charge in [0.25, 0.3) is 5.91 Å². The summed E-state index contributed by atoms with van der Waals surface area (Å²) < 4.78 is 45.3. The second kappa shape index (κ2) is 6.70. The van der Waals surface area contributed by atoms with E-state index in [1.54, 1.807) is 31.2 Å². The molecule has 1 N–H and O–H groups in total. The van der Waals surface area contributed by atoms with Crippen LogP contribution < -0.4 is 10.1 Å². The molecule has 0 saturated heterocycles. The standard InChI is InChI=1S/C18H16F3N3O2/c1-11-16(17(25)22-9-12-5-3-4-6-14(12)26-2)24-10-13(18(19,20)21)7-8-15(24)23-11/h3-8,10H,9H2,1-2H3,(H,22,25). The van der Waals surface area contributed by atoms with Crippen molar-refractivity contribution in [2.75, 3.05) is 7.11 Å². The van der Waals surface area contributed by atoms with Crippen LogP contribution in [0.2, 0.25) is 0 Å². The summed E-state index contributed by atoms with van der Waals surface area (Å²) in [5.74, 6) is 0.0993. The van der Waals surface area contributed by atoms with Crippen molar-refractivity contribution < 1.29 is 22.7 Å². The van der Waals surface area contributed by atoms with Gasteiger partial charge in [-0.25, -0.2) is 4.98 Å². The predicted molar refractivity (Wildman–Crippen MR) is 89.1 cm³/mol. The van der Waals surface area contributed by atoms with Crippen LogP contribution in [0.4, 0.5) is 13.2 Å². The molecule has 0 fully saturated rings. The Morgan fingerprint density at radius 3 is 2.65 bits per heavy atom. The van der Waals surface area contributed by atoms with Gasteiger partial charge in [-0.05, 0) is 25.1 Å². The summed E-state index contributed by atoms with van der Waals surface area (Å²) >= 11 is 0. The number of methoxy groups -OCH3 is 1. The number of hydrogen-bond donors (Lipinski definition) is 1. The minimum Gasteiger partial charge on any atom is -0.496 e. The van der Waals surface area contributed by atoms with E-state index in [1.807, 2.05) is 0 Å². The lowest BCUT2D eigenvalue weighted by atomic mass is 10.2. The third kappa shape index (κ3) is 3.35. The lowest BCUT2D eigenvalue weighted by Gasteiger charge is -2.11. The Morgan fingerprint density at radius 1 is 1.23 bits per heavy atom. The number of ether oxygens (including phenoxy) is 1. The SMILES string of the molecule is COc1ccccc1CNC(=O)c1c(C)nc2ccc(C(F)(F)F)cn12. The van der Waals surface area contributed by atoms with E-state index in [2.05, 4.69) is 10.3 Å². The van der Waals surface area contributed by atoms with E-state index in [9.17, 15) is 18.0 Å². The van der Waals surface area contributed by atoms with E-state index < -0.39 is 17.6 Å². The number of nitrogens with zero attached hydrogens (tertiary/aromatic N) is 2. The van der Waals surface area contributed by atoms with Crippen molar-refractivity contribution in [2.24, 2.45) is 0 Å². The number of benzene rings is 1. The summed E-state index contributed by atoms with van der Waals surface area (Å²) in [5, 5.41) is 2.71. The molecule has 1 amide bonds. The van der Waals surface area contributed by atoms with Crippen LogP contribution in [-0.4, -0.2) is 22.4 Å². The zero-order valence-electron chi connectivity index (χ0n) is 14.1. The molecule has 136 valence electrons. The number of carbonyl (C=O) groups is 1. The van der Waals surface area contributed by atoms with Gasteiger partial charge in [0.15, 0.2) is 0 Å². The minimum atomic E-state index is -4.50. The van der Waals surface area contributed by atoms with Crippen LogP contribution in [0.3, 0.4) is 0 Å². The monoisotopic (exact) mass is 363 g/mol. The van der Waals surface area contributed by atoms with Crippen LogP contribution in [0, 0.1) is 6.92 Å². The summed E-state index contributed by atoms with van der Waals surface area (Å²) in [7, 11) is 1.52. The van der Waals surface area contributed by atoms with Crippen LogP contribution >= 0.6 is 0 Å². The maximum Gasteiger partial charge on any atom is 0.417 e. The maximum absolute atomic E-state index is 13.0. The molecule has 0 atom stereocenters. The number of aryl methyl sites for hydroxylation is 1. The van der Waals surface area contributed by atoms with E-state index in [0.29, 0.717) is 11.4 Å². The Labute approximate surface area is 147 Å². The number of amides is 1. The third-order valence-corrected chi connectivity index (χ3v) is 3.97. The van der Waals surface area contributed by atoms with Gasteiger partial charge >= 0.3 is 6.18 Å². The van der Waals surface area contributed by atoms with Crippen molar-refractivity contribution in [3.63, 3.8) is 0 Å². The summed E-state index contributed by atoms with van der Waals surface area (Å²) in [6.45, 7) is 1.76. The van der Waals surface area contributed by atoms with Gasteiger partial charge in [-0.1, -0.05) is 18.2 Å². The smallest absolute Gasteiger partial charge is 0.417 e. The van der Waals surface area contributed by atoms with E-state index in [4.69, 9.17) is 4.74 Å². The molecule has 0 aliphatic carbocycles. The first-order chi connectivity index (χ1) is 12.3. The summed E-state index contributed by atoms with van der Waals surface area (Å²) in [6, 6.07) is 9.35. The van der Waals surface area contributed by atoms with Gasteiger partial charge < -0.3 is 10.1 Å². The highest BCUT2D eigenvalue weighted by atomic mass is 19.4. The van der Waals surface area contributed by atoms with Crippen molar-refractivity contribution in [2.45, 2.75) is 19.6 Å². The first-order valence-electron chi connectivity index (χ1n) is 7.77. The quantitative estimate of drug-likeness (QED) is 0.771. The van der Waals surface area contributed by atoms with Crippen LogP contribution in [0.5, 0.6) is 5.75 Å². The third-order valence-electron chi connectivity index (χ3n) is 3.97. The number of alkyl halides is 3. The van der Waals surface area contributed by atoms with E-state index >= 15 is 0 Å². The Balaban J connectivity index is 1.91. The Kier molecular flexibility index (Phi) is 4.58. The van der Waals surface area contributed by atoms with Crippen molar-refractivity contribution in [1.29, 1.82) is 0 Å². The summed E-state index contributed by atoms with van der Waals surface area (Å²) in [6.07, 6.45) is -3.62. The first-order valence-corrected chi connectivity index (χ1v) is 7.77. The summed E-state index contributed by atoms with van der Waals surface area (Å²) in [5.41, 5.74) is 0.604. The second-order valence-electron chi connectivity index (χ2n) is 5.68.